The predicted molar refractivity (Wildman–Crippen MR) is 45.5 cm³/mol. The van der Waals surface area contributed by atoms with Crippen molar-refractivity contribution in [3.63, 3.8) is 0 Å². The maximum absolute atomic E-state index is 8.56. The molecule has 68 valence electrons. The van der Waals surface area contributed by atoms with Gasteiger partial charge < -0.3 is 5.73 Å². The summed E-state index contributed by atoms with van der Waals surface area (Å²) in [6.07, 6.45) is 2.34. The fraction of sp³-hybridized carbons (Fsp3) is 0.625. The third kappa shape index (κ3) is 1.40. The van der Waals surface area contributed by atoms with Gasteiger partial charge in [0.2, 0.25) is 0 Å². The molecule has 13 heavy (non-hydrogen) atoms. The van der Waals surface area contributed by atoms with Crippen LogP contribution in [0.25, 0.3) is 0 Å². The molecule has 1 aliphatic rings. The molecular formula is C8H11N5. The molecule has 0 bridgehead atoms. The van der Waals surface area contributed by atoms with Gasteiger partial charge in [0.15, 0.2) is 0 Å². The summed E-state index contributed by atoms with van der Waals surface area (Å²) in [5.41, 5.74) is 7.45. The summed E-state index contributed by atoms with van der Waals surface area (Å²) in [6, 6.07) is 2.06. The van der Waals surface area contributed by atoms with E-state index in [4.69, 9.17) is 11.0 Å². The second-order valence-corrected chi connectivity index (χ2v) is 3.22. The molecule has 1 aromatic heterocycles. The van der Waals surface area contributed by atoms with Crippen LogP contribution < -0.4 is 5.73 Å². The quantitative estimate of drug-likeness (QED) is 0.712. The summed E-state index contributed by atoms with van der Waals surface area (Å²) in [7, 11) is 0. The van der Waals surface area contributed by atoms with Crippen molar-refractivity contribution < 1.29 is 0 Å². The van der Waals surface area contributed by atoms with E-state index in [0.29, 0.717) is 12.5 Å². The number of nitrogens with two attached hydrogens (primary N) is 1. The molecule has 0 radical (unpaired) electrons. The van der Waals surface area contributed by atoms with Crippen molar-refractivity contribution in [3.8, 4) is 6.07 Å². The smallest absolute Gasteiger partial charge is 0.130 e. The Morgan fingerprint density at radius 1 is 1.62 bits per heavy atom. The SMILES string of the molecule is N#CCn1nnc(CN)c1C1CC1. The van der Waals surface area contributed by atoms with Gasteiger partial charge in [0.25, 0.3) is 0 Å². The van der Waals surface area contributed by atoms with Crippen molar-refractivity contribution >= 4 is 0 Å². The Kier molecular flexibility index (Phi) is 1.99. The van der Waals surface area contributed by atoms with E-state index < -0.39 is 0 Å². The van der Waals surface area contributed by atoms with Gasteiger partial charge in [-0.25, -0.2) is 4.68 Å². The maximum atomic E-state index is 8.56. The topological polar surface area (TPSA) is 80.5 Å². The fourth-order valence-electron chi connectivity index (χ4n) is 1.49. The van der Waals surface area contributed by atoms with Gasteiger partial charge in [0.1, 0.15) is 6.54 Å². The van der Waals surface area contributed by atoms with Crippen LogP contribution in [0.3, 0.4) is 0 Å². The molecule has 0 aromatic carbocycles. The minimum Gasteiger partial charge on any atom is -0.325 e. The molecule has 0 unspecified atom stereocenters. The molecule has 1 saturated carbocycles. The first-order chi connectivity index (χ1) is 6.36. The van der Waals surface area contributed by atoms with Crippen LogP contribution in [0.15, 0.2) is 0 Å². The fourth-order valence-corrected chi connectivity index (χ4v) is 1.49. The lowest BCUT2D eigenvalue weighted by atomic mass is 10.2. The van der Waals surface area contributed by atoms with E-state index in [1.54, 1.807) is 4.68 Å². The van der Waals surface area contributed by atoms with E-state index >= 15 is 0 Å². The number of nitriles is 1. The van der Waals surface area contributed by atoms with Gasteiger partial charge in [-0.2, -0.15) is 5.26 Å². The van der Waals surface area contributed by atoms with Crippen LogP contribution in [0.4, 0.5) is 0 Å². The number of nitrogens with zero attached hydrogens (tertiary/aromatic N) is 4. The zero-order valence-electron chi connectivity index (χ0n) is 7.27. The third-order valence-electron chi connectivity index (χ3n) is 2.23. The largest absolute Gasteiger partial charge is 0.325 e. The number of rotatable bonds is 3. The van der Waals surface area contributed by atoms with Crippen LogP contribution in [0, 0.1) is 11.3 Å². The second-order valence-electron chi connectivity index (χ2n) is 3.22. The summed E-state index contributed by atoms with van der Waals surface area (Å²) in [4.78, 5) is 0. The van der Waals surface area contributed by atoms with Crippen LogP contribution in [-0.2, 0) is 13.1 Å². The third-order valence-corrected chi connectivity index (χ3v) is 2.23. The maximum Gasteiger partial charge on any atom is 0.130 e. The average Bonchev–Trinajstić information content (AvgIpc) is 2.89. The molecular weight excluding hydrogens is 166 g/mol. The van der Waals surface area contributed by atoms with Crippen molar-refractivity contribution in [2.75, 3.05) is 0 Å². The normalized spacial score (nSPS) is 15.7. The van der Waals surface area contributed by atoms with Crippen molar-refractivity contribution in [1.82, 2.24) is 15.0 Å². The van der Waals surface area contributed by atoms with Gasteiger partial charge in [0, 0.05) is 12.5 Å². The van der Waals surface area contributed by atoms with Gasteiger partial charge in [-0.3, -0.25) is 0 Å². The Morgan fingerprint density at radius 2 is 2.38 bits per heavy atom. The Bertz CT molecular complexity index is 344. The summed E-state index contributed by atoms with van der Waals surface area (Å²) < 4.78 is 1.67. The standard InChI is InChI=1S/C8H11N5/c9-3-4-13-8(6-1-2-6)7(5-10)11-12-13/h6H,1-2,4-5,10H2. The minimum atomic E-state index is 0.277. The molecule has 1 fully saturated rings. The van der Waals surface area contributed by atoms with Crippen LogP contribution >= 0.6 is 0 Å². The molecule has 5 nitrogen and oxygen atoms in total. The van der Waals surface area contributed by atoms with Gasteiger partial charge in [-0.1, -0.05) is 5.21 Å². The molecule has 5 heteroatoms. The highest BCUT2D eigenvalue weighted by molar-refractivity contribution is 5.20. The van der Waals surface area contributed by atoms with E-state index in [1.165, 1.54) is 12.8 Å². The van der Waals surface area contributed by atoms with E-state index in [9.17, 15) is 0 Å². The number of hydrogen-bond acceptors (Lipinski definition) is 4. The lowest BCUT2D eigenvalue weighted by molar-refractivity contribution is 0.636. The zero-order valence-corrected chi connectivity index (χ0v) is 7.27. The Labute approximate surface area is 76.1 Å². The van der Waals surface area contributed by atoms with E-state index in [0.717, 1.165) is 11.4 Å². The monoisotopic (exact) mass is 177 g/mol. The summed E-state index contributed by atoms with van der Waals surface area (Å²) in [6.45, 7) is 0.691. The highest BCUT2D eigenvalue weighted by Gasteiger charge is 2.30. The van der Waals surface area contributed by atoms with Crippen LogP contribution in [0.5, 0.6) is 0 Å². The van der Waals surface area contributed by atoms with Crippen LogP contribution in [-0.4, -0.2) is 15.0 Å². The first-order valence-electron chi connectivity index (χ1n) is 4.36. The molecule has 2 N–H and O–H groups in total. The van der Waals surface area contributed by atoms with E-state index in [1.807, 2.05) is 0 Å². The second kappa shape index (κ2) is 3.15. The molecule has 0 amide bonds. The summed E-state index contributed by atoms with van der Waals surface area (Å²) in [5.74, 6) is 0.543. The Hall–Kier alpha value is -1.41. The molecule has 0 aliphatic heterocycles. The first-order valence-corrected chi connectivity index (χ1v) is 4.36. The van der Waals surface area contributed by atoms with E-state index in [-0.39, 0.29) is 6.54 Å². The lowest BCUT2D eigenvalue weighted by Gasteiger charge is -2.00. The zero-order chi connectivity index (χ0) is 9.26. The molecule has 1 heterocycles. The number of hydrogen-bond donors (Lipinski definition) is 1. The van der Waals surface area contributed by atoms with Gasteiger partial charge in [0.05, 0.1) is 17.5 Å². The minimum absolute atomic E-state index is 0.277. The predicted octanol–water partition coefficient (Wildman–Crippen LogP) is 0.138. The molecule has 0 atom stereocenters. The molecule has 1 aromatic rings. The summed E-state index contributed by atoms with van der Waals surface area (Å²) >= 11 is 0. The van der Waals surface area contributed by atoms with Crippen molar-refractivity contribution in [2.24, 2.45) is 5.73 Å². The molecule has 0 saturated heterocycles. The first kappa shape index (κ1) is 8.20. The van der Waals surface area contributed by atoms with Gasteiger partial charge >= 0.3 is 0 Å². The van der Waals surface area contributed by atoms with Gasteiger partial charge in [-0.15, -0.1) is 5.10 Å². The molecule has 0 spiro atoms. The van der Waals surface area contributed by atoms with Crippen molar-refractivity contribution in [1.29, 1.82) is 5.26 Å². The summed E-state index contributed by atoms with van der Waals surface area (Å²) in [5, 5.41) is 16.4. The van der Waals surface area contributed by atoms with Crippen LogP contribution in [0.1, 0.15) is 30.1 Å². The highest BCUT2D eigenvalue weighted by atomic mass is 15.4. The van der Waals surface area contributed by atoms with Gasteiger partial charge in [-0.05, 0) is 12.8 Å². The molecule has 1 aliphatic carbocycles. The highest BCUT2D eigenvalue weighted by Crippen LogP contribution is 2.40. The Balaban J connectivity index is 2.34. The lowest BCUT2D eigenvalue weighted by Crippen LogP contribution is -2.05. The van der Waals surface area contributed by atoms with E-state index in [2.05, 4.69) is 16.4 Å². The van der Waals surface area contributed by atoms with Crippen molar-refractivity contribution in [2.45, 2.75) is 31.8 Å². The van der Waals surface area contributed by atoms with Crippen molar-refractivity contribution in [3.05, 3.63) is 11.4 Å². The average molecular weight is 177 g/mol. The molecule has 2 rings (SSSR count). The Morgan fingerprint density at radius 3 is 2.92 bits per heavy atom. The number of aromatic nitrogens is 3. The van der Waals surface area contributed by atoms with Crippen LogP contribution in [0.2, 0.25) is 0 Å².